The lowest BCUT2D eigenvalue weighted by Crippen LogP contribution is -2.43. The third kappa shape index (κ3) is 6.99. The molecular formula is C22H39N5O. The highest BCUT2D eigenvalue weighted by Crippen LogP contribution is 2.27. The summed E-state index contributed by atoms with van der Waals surface area (Å²) in [6.45, 7) is 11.9. The topological polar surface area (TPSA) is 52.1 Å². The minimum Gasteiger partial charge on any atom is -0.497 e. The van der Waals surface area contributed by atoms with Gasteiger partial charge in [0.2, 0.25) is 0 Å². The Morgan fingerprint density at radius 1 is 1.21 bits per heavy atom. The van der Waals surface area contributed by atoms with E-state index in [2.05, 4.69) is 57.5 Å². The van der Waals surface area contributed by atoms with Crippen molar-refractivity contribution in [1.82, 2.24) is 20.4 Å². The molecule has 2 N–H and O–H groups in total. The molecule has 158 valence electrons. The molecule has 1 aliphatic rings. The lowest BCUT2D eigenvalue weighted by Gasteiger charge is -2.29. The number of ether oxygens (including phenoxy) is 1. The van der Waals surface area contributed by atoms with Crippen molar-refractivity contribution in [3.8, 4) is 5.75 Å². The molecule has 6 heteroatoms. The number of nitrogens with zero attached hydrogens (tertiary/aromatic N) is 3. The van der Waals surface area contributed by atoms with E-state index in [0.717, 1.165) is 63.9 Å². The van der Waals surface area contributed by atoms with Gasteiger partial charge in [-0.25, -0.2) is 0 Å². The Bertz CT molecular complexity index is 582. The van der Waals surface area contributed by atoms with Crippen LogP contribution in [-0.4, -0.2) is 75.7 Å². The Morgan fingerprint density at radius 3 is 2.61 bits per heavy atom. The van der Waals surface area contributed by atoms with E-state index >= 15 is 0 Å². The molecule has 1 fully saturated rings. The molecule has 1 aromatic rings. The molecule has 1 aromatic carbocycles. The maximum Gasteiger partial charge on any atom is 0.191 e. The summed E-state index contributed by atoms with van der Waals surface area (Å²) < 4.78 is 5.44. The predicted octanol–water partition coefficient (Wildman–Crippen LogP) is 2.73. The minimum atomic E-state index is 0.326. The summed E-state index contributed by atoms with van der Waals surface area (Å²) in [7, 11) is 3.57. The Hall–Kier alpha value is -1.79. The molecule has 6 nitrogen and oxygen atoms in total. The van der Waals surface area contributed by atoms with E-state index in [9.17, 15) is 0 Å². The van der Waals surface area contributed by atoms with Gasteiger partial charge in [0, 0.05) is 20.1 Å². The zero-order chi connectivity index (χ0) is 20.2. The maximum atomic E-state index is 5.44. The molecule has 0 bridgehead atoms. The largest absolute Gasteiger partial charge is 0.497 e. The number of benzene rings is 1. The van der Waals surface area contributed by atoms with Gasteiger partial charge < -0.3 is 20.3 Å². The van der Waals surface area contributed by atoms with Crippen LogP contribution in [0.4, 0.5) is 0 Å². The Balaban J connectivity index is 1.90. The van der Waals surface area contributed by atoms with E-state index in [1.54, 1.807) is 7.11 Å². The van der Waals surface area contributed by atoms with Gasteiger partial charge in [0.1, 0.15) is 5.75 Å². The Labute approximate surface area is 171 Å². The normalized spacial score (nSPS) is 16.4. The van der Waals surface area contributed by atoms with Gasteiger partial charge in [0.15, 0.2) is 5.96 Å². The fraction of sp³-hybridized carbons (Fsp3) is 0.682. The summed E-state index contributed by atoms with van der Waals surface area (Å²) >= 11 is 0. The number of hydrogen-bond acceptors (Lipinski definition) is 4. The number of guanidine groups is 1. The summed E-state index contributed by atoms with van der Waals surface area (Å²) in [5, 5.41) is 7.00. The van der Waals surface area contributed by atoms with E-state index in [1.807, 2.05) is 13.1 Å². The molecule has 0 radical (unpaired) electrons. The van der Waals surface area contributed by atoms with Crippen molar-refractivity contribution in [1.29, 1.82) is 0 Å². The molecule has 1 saturated heterocycles. The van der Waals surface area contributed by atoms with Crippen LogP contribution in [0.2, 0.25) is 0 Å². The number of nitrogens with one attached hydrogen (secondary N) is 2. The summed E-state index contributed by atoms with van der Waals surface area (Å²) in [4.78, 5) is 9.42. The van der Waals surface area contributed by atoms with Gasteiger partial charge in [0.05, 0.1) is 13.2 Å². The van der Waals surface area contributed by atoms with E-state index in [0.29, 0.717) is 6.04 Å². The van der Waals surface area contributed by atoms with Crippen molar-refractivity contribution < 1.29 is 4.74 Å². The molecule has 0 aliphatic carbocycles. The first-order chi connectivity index (χ1) is 13.7. The molecule has 1 aliphatic heterocycles. The molecule has 1 heterocycles. The average Bonchev–Trinajstić information content (AvgIpc) is 3.27. The van der Waals surface area contributed by atoms with Crippen LogP contribution in [0.1, 0.15) is 44.7 Å². The van der Waals surface area contributed by atoms with E-state index in [4.69, 9.17) is 4.74 Å². The predicted molar refractivity (Wildman–Crippen MR) is 118 cm³/mol. The van der Waals surface area contributed by atoms with Crippen LogP contribution in [-0.2, 0) is 0 Å². The standard InChI is InChI=1S/C22H39N5O/c1-5-26(6-2)14-10-13-24-22(23-3)25-18-21(27-15-7-8-16-27)19-11-9-12-20(17-19)28-4/h9,11-12,17,21H,5-8,10,13-16,18H2,1-4H3,(H2,23,24,25). The van der Waals surface area contributed by atoms with Gasteiger partial charge in [-0.05, 0) is 69.7 Å². The maximum absolute atomic E-state index is 5.44. The van der Waals surface area contributed by atoms with E-state index in [-0.39, 0.29) is 0 Å². The summed E-state index contributed by atoms with van der Waals surface area (Å²) in [6.07, 6.45) is 3.67. The van der Waals surface area contributed by atoms with Gasteiger partial charge in [-0.2, -0.15) is 0 Å². The smallest absolute Gasteiger partial charge is 0.191 e. The molecule has 2 rings (SSSR count). The van der Waals surface area contributed by atoms with Gasteiger partial charge in [-0.3, -0.25) is 9.89 Å². The van der Waals surface area contributed by atoms with Crippen LogP contribution in [0.3, 0.4) is 0 Å². The highest BCUT2D eigenvalue weighted by atomic mass is 16.5. The third-order valence-corrected chi connectivity index (χ3v) is 5.58. The van der Waals surface area contributed by atoms with Gasteiger partial charge >= 0.3 is 0 Å². The summed E-state index contributed by atoms with van der Waals surface area (Å²) in [6, 6.07) is 8.77. The number of methoxy groups -OCH3 is 1. The molecule has 28 heavy (non-hydrogen) atoms. The van der Waals surface area contributed by atoms with Crippen LogP contribution in [0.5, 0.6) is 5.75 Å². The second-order valence-corrected chi connectivity index (χ2v) is 7.30. The lowest BCUT2D eigenvalue weighted by atomic mass is 10.1. The van der Waals surface area contributed by atoms with Crippen molar-refractivity contribution in [2.24, 2.45) is 4.99 Å². The summed E-state index contributed by atoms with van der Waals surface area (Å²) in [5.74, 6) is 1.80. The zero-order valence-corrected chi connectivity index (χ0v) is 18.2. The van der Waals surface area contributed by atoms with Crippen LogP contribution < -0.4 is 15.4 Å². The Kier molecular flexibility index (Phi) is 10.1. The second kappa shape index (κ2) is 12.6. The van der Waals surface area contributed by atoms with Crippen LogP contribution in [0, 0.1) is 0 Å². The highest BCUT2D eigenvalue weighted by Gasteiger charge is 2.24. The highest BCUT2D eigenvalue weighted by molar-refractivity contribution is 5.79. The molecule has 1 atom stereocenters. The first kappa shape index (κ1) is 22.5. The Morgan fingerprint density at radius 2 is 1.96 bits per heavy atom. The first-order valence-electron chi connectivity index (χ1n) is 10.8. The van der Waals surface area contributed by atoms with Crippen molar-refractivity contribution in [2.75, 3.05) is 60.0 Å². The second-order valence-electron chi connectivity index (χ2n) is 7.30. The van der Waals surface area contributed by atoms with Crippen LogP contribution in [0.15, 0.2) is 29.3 Å². The van der Waals surface area contributed by atoms with Crippen molar-refractivity contribution >= 4 is 5.96 Å². The van der Waals surface area contributed by atoms with E-state index in [1.165, 1.54) is 18.4 Å². The number of likely N-dealkylation sites (tertiary alicyclic amines) is 1. The van der Waals surface area contributed by atoms with Crippen molar-refractivity contribution in [3.63, 3.8) is 0 Å². The fourth-order valence-corrected chi connectivity index (χ4v) is 3.82. The van der Waals surface area contributed by atoms with Crippen molar-refractivity contribution in [3.05, 3.63) is 29.8 Å². The molecule has 1 unspecified atom stereocenters. The van der Waals surface area contributed by atoms with Crippen LogP contribution in [0.25, 0.3) is 0 Å². The number of aliphatic imine (C=N–C) groups is 1. The van der Waals surface area contributed by atoms with Gasteiger partial charge in [-0.15, -0.1) is 0 Å². The van der Waals surface area contributed by atoms with Gasteiger partial charge in [-0.1, -0.05) is 26.0 Å². The zero-order valence-electron chi connectivity index (χ0n) is 18.2. The quantitative estimate of drug-likeness (QED) is 0.346. The summed E-state index contributed by atoms with van der Waals surface area (Å²) in [5.41, 5.74) is 1.30. The molecule has 0 saturated carbocycles. The third-order valence-electron chi connectivity index (χ3n) is 5.58. The average molecular weight is 390 g/mol. The van der Waals surface area contributed by atoms with Crippen LogP contribution >= 0.6 is 0 Å². The lowest BCUT2D eigenvalue weighted by molar-refractivity contribution is 0.245. The fourth-order valence-electron chi connectivity index (χ4n) is 3.82. The first-order valence-corrected chi connectivity index (χ1v) is 10.8. The molecular weight excluding hydrogens is 350 g/mol. The molecule has 0 spiro atoms. The molecule has 0 amide bonds. The van der Waals surface area contributed by atoms with Crippen molar-refractivity contribution in [2.45, 2.75) is 39.2 Å². The van der Waals surface area contributed by atoms with E-state index < -0.39 is 0 Å². The number of rotatable bonds is 11. The number of hydrogen-bond donors (Lipinski definition) is 2. The monoisotopic (exact) mass is 389 g/mol. The van der Waals surface area contributed by atoms with Gasteiger partial charge in [0.25, 0.3) is 0 Å². The molecule has 0 aromatic heterocycles. The minimum absolute atomic E-state index is 0.326. The SMILES string of the molecule is CCN(CC)CCCNC(=NC)NCC(c1cccc(OC)c1)N1CCCC1.